The van der Waals surface area contributed by atoms with Crippen LogP contribution >= 0.6 is 0 Å². The molecule has 1 aliphatic carbocycles. The minimum atomic E-state index is 0.364. The van der Waals surface area contributed by atoms with E-state index in [0.29, 0.717) is 30.5 Å². The zero-order valence-corrected chi connectivity index (χ0v) is 10.6. The van der Waals surface area contributed by atoms with E-state index in [1.54, 1.807) is 7.11 Å². The lowest BCUT2D eigenvalue weighted by Crippen LogP contribution is -2.14. The van der Waals surface area contributed by atoms with Crippen molar-refractivity contribution in [3.05, 3.63) is 35.4 Å². The number of Topliss-reactive ketones (excluding diaryl/α,β-unsaturated/α-hetero) is 1. The molecule has 0 saturated carbocycles. The first kappa shape index (κ1) is 12.3. The molecule has 2 atom stereocenters. The maximum atomic E-state index is 11.9. The molecule has 0 N–H and O–H groups in total. The summed E-state index contributed by atoms with van der Waals surface area (Å²) in [5.74, 6) is 1.24. The lowest BCUT2D eigenvalue weighted by molar-refractivity contribution is -0.119. The van der Waals surface area contributed by atoms with Crippen molar-refractivity contribution >= 4 is 5.78 Å². The van der Waals surface area contributed by atoms with Gasteiger partial charge in [0.2, 0.25) is 0 Å². The second-order valence-electron chi connectivity index (χ2n) is 4.95. The summed E-state index contributed by atoms with van der Waals surface area (Å²) in [6.07, 6.45) is 2.26. The van der Waals surface area contributed by atoms with E-state index in [-0.39, 0.29) is 0 Å². The maximum absolute atomic E-state index is 11.9. The summed E-state index contributed by atoms with van der Waals surface area (Å²) in [5.41, 5.74) is 2.56. The first-order valence-electron chi connectivity index (χ1n) is 6.30. The van der Waals surface area contributed by atoms with Gasteiger partial charge in [-0.25, -0.2) is 0 Å². The summed E-state index contributed by atoms with van der Waals surface area (Å²) in [5, 5.41) is 0. The highest BCUT2D eigenvalue weighted by Crippen LogP contribution is 2.35. The van der Waals surface area contributed by atoms with Gasteiger partial charge >= 0.3 is 0 Å². The molecule has 92 valence electrons. The van der Waals surface area contributed by atoms with Gasteiger partial charge in [0.15, 0.2) is 0 Å². The number of ketones is 1. The molecule has 0 bridgehead atoms. The van der Waals surface area contributed by atoms with Crippen LogP contribution in [0.25, 0.3) is 0 Å². The summed E-state index contributed by atoms with van der Waals surface area (Å²) in [7, 11) is 1.72. The molecule has 2 rings (SSSR count). The number of carbonyl (C=O) groups is 1. The second kappa shape index (κ2) is 5.46. The molecular formula is C15H20O2. The largest absolute Gasteiger partial charge is 0.385 e. The first-order chi connectivity index (χ1) is 8.22. The van der Waals surface area contributed by atoms with Crippen LogP contribution in [0.4, 0.5) is 0 Å². The highest BCUT2D eigenvalue weighted by Gasteiger charge is 2.27. The monoisotopic (exact) mass is 232 g/mol. The molecule has 17 heavy (non-hydrogen) atoms. The molecule has 0 fully saturated rings. The highest BCUT2D eigenvalue weighted by atomic mass is 16.5. The van der Waals surface area contributed by atoms with E-state index in [1.807, 2.05) is 6.07 Å². The molecule has 1 aliphatic rings. The molecule has 0 saturated heterocycles. The fourth-order valence-corrected chi connectivity index (χ4v) is 2.77. The molecule has 1 aromatic carbocycles. The first-order valence-corrected chi connectivity index (χ1v) is 6.30. The number of hydrogen-bond donors (Lipinski definition) is 0. The number of hydrogen-bond acceptors (Lipinski definition) is 2. The Morgan fingerprint density at radius 3 is 2.88 bits per heavy atom. The van der Waals surface area contributed by atoms with Crippen LogP contribution < -0.4 is 0 Å². The Morgan fingerprint density at radius 1 is 1.35 bits per heavy atom. The normalized spacial score (nSPS) is 24.2. The Labute approximate surface area is 103 Å². The van der Waals surface area contributed by atoms with Crippen LogP contribution in [0.2, 0.25) is 0 Å². The summed E-state index contributed by atoms with van der Waals surface area (Å²) in [6, 6.07) is 8.34. The fourth-order valence-electron chi connectivity index (χ4n) is 2.77. The van der Waals surface area contributed by atoms with Gasteiger partial charge in [0.1, 0.15) is 5.78 Å². The van der Waals surface area contributed by atoms with E-state index in [4.69, 9.17) is 4.74 Å². The Balaban J connectivity index is 2.25. The summed E-state index contributed by atoms with van der Waals surface area (Å²) in [6.45, 7) is 2.97. The topological polar surface area (TPSA) is 26.3 Å². The van der Waals surface area contributed by atoms with Crippen LogP contribution in [-0.2, 0) is 16.0 Å². The third-order valence-corrected chi connectivity index (χ3v) is 3.82. The van der Waals surface area contributed by atoms with E-state index in [9.17, 15) is 4.79 Å². The van der Waals surface area contributed by atoms with Crippen LogP contribution in [0, 0.1) is 5.92 Å². The average Bonchev–Trinajstić information content (AvgIpc) is 2.45. The molecule has 2 nitrogen and oxygen atoms in total. The Hall–Kier alpha value is -1.15. The maximum Gasteiger partial charge on any atom is 0.137 e. The minimum Gasteiger partial charge on any atom is -0.385 e. The Kier molecular flexibility index (Phi) is 3.95. The van der Waals surface area contributed by atoms with Gasteiger partial charge in [0.05, 0.1) is 0 Å². The number of methoxy groups -OCH3 is 1. The Bertz CT molecular complexity index is 398. The molecule has 0 aliphatic heterocycles. The van der Waals surface area contributed by atoms with Gasteiger partial charge in [0, 0.05) is 26.6 Å². The SMILES string of the molecule is COCCC1CC(=O)Cc2ccccc2C1C. The summed E-state index contributed by atoms with van der Waals surface area (Å²) in [4.78, 5) is 11.9. The van der Waals surface area contributed by atoms with Crippen LogP contribution in [0.5, 0.6) is 0 Å². The highest BCUT2D eigenvalue weighted by molar-refractivity contribution is 5.82. The van der Waals surface area contributed by atoms with Crippen molar-refractivity contribution in [3.63, 3.8) is 0 Å². The van der Waals surface area contributed by atoms with Gasteiger partial charge in [0.25, 0.3) is 0 Å². The molecule has 1 aromatic rings. The van der Waals surface area contributed by atoms with Gasteiger partial charge in [-0.3, -0.25) is 4.79 Å². The predicted molar refractivity (Wildman–Crippen MR) is 68.2 cm³/mol. The lowest BCUT2D eigenvalue weighted by Gasteiger charge is -2.22. The van der Waals surface area contributed by atoms with Gasteiger partial charge in [-0.2, -0.15) is 0 Å². The van der Waals surface area contributed by atoms with Gasteiger partial charge in [-0.05, 0) is 29.4 Å². The number of rotatable bonds is 3. The molecule has 0 radical (unpaired) electrons. The lowest BCUT2D eigenvalue weighted by atomic mass is 9.84. The van der Waals surface area contributed by atoms with Crippen molar-refractivity contribution in [2.24, 2.45) is 5.92 Å². The minimum absolute atomic E-state index is 0.364. The zero-order chi connectivity index (χ0) is 12.3. The van der Waals surface area contributed by atoms with Crippen LogP contribution in [0.3, 0.4) is 0 Å². The van der Waals surface area contributed by atoms with E-state index < -0.39 is 0 Å². The number of fused-ring (bicyclic) bond motifs is 1. The van der Waals surface area contributed by atoms with Crippen molar-refractivity contribution in [1.29, 1.82) is 0 Å². The van der Waals surface area contributed by atoms with Crippen LogP contribution in [0.1, 0.15) is 36.8 Å². The molecule has 2 heteroatoms. The molecule has 0 aromatic heterocycles. The average molecular weight is 232 g/mol. The smallest absolute Gasteiger partial charge is 0.137 e. The van der Waals surface area contributed by atoms with E-state index in [1.165, 1.54) is 11.1 Å². The van der Waals surface area contributed by atoms with Gasteiger partial charge < -0.3 is 4.74 Å². The summed E-state index contributed by atoms with van der Waals surface area (Å²) < 4.78 is 5.15. The molecule has 0 amide bonds. The van der Waals surface area contributed by atoms with E-state index in [2.05, 4.69) is 25.1 Å². The number of carbonyl (C=O) groups excluding carboxylic acids is 1. The van der Waals surface area contributed by atoms with Crippen molar-refractivity contribution in [2.75, 3.05) is 13.7 Å². The zero-order valence-electron chi connectivity index (χ0n) is 10.6. The van der Waals surface area contributed by atoms with Gasteiger partial charge in [-0.15, -0.1) is 0 Å². The molecule has 0 spiro atoms. The summed E-state index contributed by atoms with van der Waals surface area (Å²) >= 11 is 0. The molecule has 2 unspecified atom stereocenters. The van der Waals surface area contributed by atoms with E-state index >= 15 is 0 Å². The predicted octanol–water partition coefficient (Wildman–Crippen LogP) is 2.96. The third kappa shape index (κ3) is 2.75. The standard InChI is InChI=1S/C15H20O2/c1-11-12(7-8-17-2)9-14(16)10-13-5-3-4-6-15(11)13/h3-6,11-12H,7-10H2,1-2H3. The quantitative estimate of drug-likeness (QED) is 0.749. The van der Waals surface area contributed by atoms with Crippen molar-refractivity contribution in [1.82, 2.24) is 0 Å². The second-order valence-corrected chi connectivity index (χ2v) is 4.95. The van der Waals surface area contributed by atoms with E-state index in [0.717, 1.165) is 13.0 Å². The number of benzene rings is 1. The van der Waals surface area contributed by atoms with Crippen molar-refractivity contribution < 1.29 is 9.53 Å². The third-order valence-electron chi connectivity index (χ3n) is 3.82. The van der Waals surface area contributed by atoms with Crippen molar-refractivity contribution in [2.45, 2.75) is 32.1 Å². The van der Waals surface area contributed by atoms with Gasteiger partial charge in [-0.1, -0.05) is 31.2 Å². The fraction of sp³-hybridized carbons (Fsp3) is 0.533. The van der Waals surface area contributed by atoms with Crippen LogP contribution in [-0.4, -0.2) is 19.5 Å². The molecule has 0 heterocycles. The number of ether oxygens (including phenoxy) is 1. The van der Waals surface area contributed by atoms with Crippen molar-refractivity contribution in [3.8, 4) is 0 Å². The van der Waals surface area contributed by atoms with Crippen LogP contribution in [0.15, 0.2) is 24.3 Å². The Morgan fingerprint density at radius 2 is 2.12 bits per heavy atom. The molecular weight excluding hydrogens is 212 g/mol.